The number of nitrogens with one attached hydrogen (secondary N) is 1. The lowest BCUT2D eigenvalue weighted by molar-refractivity contribution is -0.142. The predicted molar refractivity (Wildman–Crippen MR) is 111 cm³/mol. The van der Waals surface area contributed by atoms with E-state index in [1.54, 1.807) is 18.2 Å². The number of rotatable bonds is 5. The summed E-state index contributed by atoms with van der Waals surface area (Å²) in [4.78, 5) is 23.9. The van der Waals surface area contributed by atoms with E-state index in [1.165, 1.54) is 11.6 Å². The molecular formula is C23H25NO5. The molecule has 1 aliphatic heterocycles. The van der Waals surface area contributed by atoms with Gasteiger partial charge in [-0.2, -0.15) is 0 Å². The van der Waals surface area contributed by atoms with E-state index < -0.39 is 11.9 Å². The maximum absolute atomic E-state index is 12.0. The van der Waals surface area contributed by atoms with Crippen LogP contribution in [-0.2, 0) is 19.7 Å². The van der Waals surface area contributed by atoms with E-state index in [4.69, 9.17) is 14.2 Å². The van der Waals surface area contributed by atoms with Crippen LogP contribution in [0.3, 0.4) is 0 Å². The summed E-state index contributed by atoms with van der Waals surface area (Å²) in [6.45, 7) is 7.04. The van der Waals surface area contributed by atoms with Crippen molar-refractivity contribution >= 4 is 23.6 Å². The lowest BCUT2D eigenvalue weighted by Crippen LogP contribution is -2.20. The van der Waals surface area contributed by atoms with Gasteiger partial charge in [0.25, 0.3) is 5.91 Å². The Labute approximate surface area is 170 Å². The van der Waals surface area contributed by atoms with Gasteiger partial charge in [0, 0.05) is 11.8 Å². The molecule has 6 nitrogen and oxygen atoms in total. The standard InChI is InChI=1S/C23H25NO5/c1-23(2,3)17-6-8-18(9-7-17)24-21(25)15-29-22(26)11-5-16-4-10-19-20(14-16)28-13-12-27-19/h4-11,14H,12-13,15H2,1-3H3,(H,24,25)/b11-5+. The first-order chi connectivity index (χ1) is 13.8. The van der Waals surface area contributed by atoms with Crippen molar-refractivity contribution in [3.63, 3.8) is 0 Å². The van der Waals surface area contributed by atoms with Gasteiger partial charge in [0.1, 0.15) is 13.2 Å². The molecule has 0 radical (unpaired) electrons. The molecule has 0 saturated carbocycles. The van der Waals surface area contributed by atoms with Crippen LogP contribution in [-0.4, -0.2) is 31.7 Å². The van der Waals surface area contributed by atoms with Crippen LogP contribution in [0.4, 0.5) is 5.69 Å². The molecule has 0 unspecified atom stereocenters. The highest BCUT2D eigenvalue weighted by Crippen LogP contribution is 2.31. The number of carbonyl (C=O) groups is 2. The van der Waals surface area contributed by atoms with Crippen molar-refractivity contribution in [2.75, 3.05) is 25.1 Å². The van der Waals surface area contributed by atoms with Crippen LogP contribution in [0.25, 0.3) is 6.08 Å². The van der Waals surface area contributed by atoms with E-state index in [9.17, 15) is 9.59 Å². The number of benzene rings is 2. The molecule has 3 rings (SSSR count). The van der Waals surface area contributed by atoms with Crippen molar-refractivity contribution in [2.45, 2.75) is 26.2 Å². The van der Waals surface area contributed by atoms with Crippen molar-refractivity contribution in [1.82, 2.24) is 0 Å². The van der Waals surface area contributed by atoms with E-state index in [0.29, 0.717) is 30.4 Å². The van der Waals surface area contributed by atoms with E-state index >= 15 is 0 Å². The number of hydrogen-bond acceptors (Lipinski definition) is 5. The Kier molecular flexibility index (Phi) is 6.22. The van der Waals surface area contributed by atoms with Gasteiger partial charge in [-0.05, 0) is 46.9 Å². The molecule has 0 saturated heterocycles. The van der Waals surface area contributed by atoms with E-state index in [1.807, 2.05) is 30.3 Å². The molecule has 1 heterocycles. The van der Waals surface area contributed by atoms with Crippen LogP contribution in [0.15, 0.2) is 48.5 Å². The zero-order valence-electron chi connectivity index (χ0n) is 16.9. The van der Waals surface area contributed by atoms with Gasteiger partial charge in [-0.3, -0.25) is 4.79 Å². The van der Waals surface area contributed by atoms with E-state index in [0.717, 1.165) is 5.56 Å². The van der Waals surface area contributed by atoms with Crippen molar-refractivity contribution in [1.29, 1.82) is 0 Å². The topological polar surface area (TPSA) is 73.9 Å². The summed E-state index contributed by atoms with van der Waals surface area (Å²) in [5.74, 6) is 0.333. The Morgan fingerprint density at radius 3 is 2.41 bits per heavy atom. The summed E-state index contributed by atoms with van der Waals surface area (Å²) >= 11 is 0. The molecule has 1 aliphatic rings. The van der Waals surface area contributed by atoms with Crippen LogP contribution >= 0.6 is 0 Å². The molecule has 1 N–H and O–H groups in total. The highest BCUT2D eigenvalue weighted by molar-refractivity contribution is 5.94. The van der Waals surface area contributed by atoms with Crippen LogP contribution < -0.4 is 14.8 Å². The number of ether oxygens (including phenoxy) is 3. The first kappa shape index (κ1) is 20.5. The molecule has 2 aromatic rings. The molecule has 2 aromatic carbocycles. The average molecular weight is 395 g/mol. The highest BCUT2D eigenvalue weighted by Gasteiger charge is 2.14. The van der Waals surface area contributed by atoms with Crippen LogP contribution in [0.1, 0.15) is 31.9 Å². The fourth-order valence-corrected chi connectivity index (χ4v) is 2.76. The van der Waals surface area contributed by atoms with Gasteiger partial charge in [0.05, 0.1) is 0 Å². The molecule has 0 spiro atoms. The van der Waals surface area contributed by atoms with Gasteiger partial charge in [-0.1, -0.05) is 39.0 Å². The van der Waals surface area contributed by atoms with Crippen molar-refractivity contribution < 1.29 is 23.8 Å². The van der Waals surface area contributed by atoms with E-state index in [2.05, 4.69) is 26.1 Å². The second kappa shape index (κ2) is 8.82. The molecule has 6 heteroatoms. The monoisotopic (exact) mass is 395 g/mol. The number of anilines is 1. The summed E-state index contributed by atoms with van der Waals surface area (Å²) in [7, 11) is 0. The molecule has 152 valence electrons. The minimum Gasteiger partial charge on any atom is -0.486 e. The zero-order chi connectivity index (χ0) is 20.9. The summed E-state index contributed by atoms with van der Waals surface area (Å²) in [6.07, 6.45) is 2.88. The Morgan fingerprint density at radius 1 is 1.03 bits per heavy atom. The van der Waals surface area contributed by atoms with Crippen molar-refractivity contribution in [3.05, 3.63) is 59.7 Å². The Hall–Kier alpha value is -3.28. The lowest BCUT2D eigenvalue weighted by atomic mass is 9.87. The Bertz CT molecular complexity index is 910. The van der Waals surface area contributed by atoms with Gasteiger partial charge >= 0.3 is 5.97 Å². The second-order valence-corrected chi connectivity index (χ2v) is 7.72. The number of amides is 1. The van der Waals surface area contributed by atoms with Crippen molar-refractivity contribution in [3.8, 4) is 11.5 Å². The quantitative estimate of drug-likeness (QED) is 0.613. The molecule has 0 fully saturated rings. The maximum Gasteiger partial charge on any atom is 0.331 e. The third-order valence-electron chi connectivity index (χ3n) is 4.36. The molecule has 0 aliphatic carbocycles. The number of esters is 1. The molecule has 0 atom stereocenters. The first-order valence-electron chi connectivity index (χ1n) is 9.46. The number of fused-ring (bicyclic) bond motifs is 1. The van der Waals surface area contributed by atoms with E-state index in [-0.39, 0.29) is 12.0 Å². The molecular weight excluding hydrogens is 370 g/mol. The normalized spacial score (nSPS) is 13.2. The van der Waals surface area contributed by atoms with Crippen LogP contribution in [0, 0.1) is 0 Å². The Balaban J connectivity index is 1.47. The molecule has 0 bridgehead atoms. The summed E-state index contributed by atoms with van der Waals surface area (Å²) < 4.78 is 16.0. The summed E-state index contributed by atoms with van der Waals surface area (Å²) in [5, 5.41) is 2.71. The lowest BCUT2D eigenvalue weighted by Gasteiger charge is -2.19. The summed E-state index contributed by atoms with van der Waals surface area (Å²) in [6, 6.07) is 13.0. The Morgan fingerprint density at radius 2 is 1.72 bits per heavy atom. The highest BCUT2D eigenvalue weighted by atomic mass is 16.6. The van der Waals surface area contributed by atoms with Gasteiger partial charge in [0.2, 0.25) is 0 Å². The molecule has 1 amide bonds. The van der Waals surface area contributed by atoms with Gasteiger partial charge < -0.3 is 19.5 Å². The number of carbonyl (C=O) groups excluding carboxylic acids is 2. The minimum absolute atomic E-state index is 0.0433. The van der Waals surface area contributed by atoms with Gasteiger partial charge in [0.15, 0.2) is 18.1 Å². The SMILES string of the molecule is CC(C)(C)c1ccc(NC(=O)COC(=O)/C=C/c2ccc3c(c2)OCCO3)cc1. The largest absolute Gasteiger partial charge is 0.486 e. The van der Waals surface area contributed by atoms with Gasteiger partial charge in [-0.15, -0.1) is 0 Å². The predicted octanol–water partition coefficient (Wildman–Crippen LogP) is 3.95. The smallest absolute Gasteiger partial charge is 0.331 e. The minimum atomic E-state index is -0.599. The maximum atomic E-state index is 12.0. The van der Waals surface area contributed by atoms with Crippen LogP contribution in [0.2, 0.25) is 0 Å². The number of hydrogen-bond donors (Lipinski definition) is 1. The van der Waals surface area contributed by atoms with Crippen molar-refractivity contribution in [2.24, 2.45) is 0 Å². The fraction of sp³-hybridized carbons (Fsp3) is 0.304. The third-order valence-corrected chi connectivity index (χ3v) is 4.36. The molecule has 29 heavy (non-hydrogen) atoms. The molecule has 0 aromatic heterocycles. The first-order valence-corrected chi connectivity index (χ1v) is 9.46. The second-order valence-electron chi connectivity index (χ2n) is 7.72. The summed E-state index contributed by atoms with van der Waals surface area (Å²) in [5.41, 5.74) is 2.65. The van der Waals surface area contributed by atoms with Crippen LogP contribution in [0.5, 0.6) is 11.5 Å². The average Bonchev–Trinajstić information content (AvgIpc) is 2.70. The third kappa shape index (κ3) is 5.85. The zero-order valence-corrected chi connectivity index (χ0v) is 16.9. The fourth-order valence-electron chi connectivity index (χ4n) is 2.76. The van der Waals surface area contributed by atoms with Gasteiger partial charge in [-0.25, -0.2) is 4.79 Å².